The molecule has 0 fully saturated rings. The molecule has 0 unspecified atom stereocenters. The average molecular weight is 251 g/mol. The van der Waals surface area contributed by atoms with Crippen molar-refractivity contribution in [3.63, 3.8) is 0 Å². The van der Waals surface area contributed by atoms with E-state index in [0.29, 0.717) is 6.54 Å². The Morgan fingerprint density at radius 1 is 1.29 bits per heavy atom. The molecule has 0 saturated carbocycles. The van der Waals surface area contributed by atoms with Gasteiger partial charge in [-0.25, -0.2) is 0 Å². The van der Waals surface area contributed by atoms with Crippen molar-refractivity contribution < 1.29 is 0 Å². The number of benzene rings is 1. The van der Waals surface area contributed by atoms with E-state index in [0.717, 1.165) is 29.5 Å². The van der Waals surface area contributed by atoms with Crippen LogP contribution in [0.3, 0.4) is 0 Å². The molecule has 0 amide bonds. The van der Waals surface area contributed by atoms with Crippen LogP contribution >= 0.6 is 11.6 Å². The largest absolute Gasteiger partial charge is 0.378 e. The van der Waals surface area contributed by atoms with Gasteiger partial charge in [0.25, 0.3) is 0 Å². The second-order valence-corrected chi connectivity index (χ2v) is 4.24. The average Bonchev–Trinajstić information content (AvgIpc) is 2.77. The first-order valence-electron chi connectivity index (χ1n) is 5.65. The number of rotatable bonds is 5. The normalized spacial score (nSPS) is 10.5. The molecule has 0 aliphatic carbocycles. The summed E-state index contributed by atoms with van der Waals surface area (Å²) in [5.74, 6) is 0.946. The Morgan fingerprint density at radius 2 is 2.06 bits per heavy atom. The molecule has 5 heteroatoms. The molecule has 0 aliphatic heterocycles. The zero-order valence-corrected chi connectivity index (χ0v) is 10.5. The standard InChI is InChI=1S/C12H15ClN4/c1-2-7-17-9-15-16-12(17)8-14-11-5-3-10(13)4-6-11/h3-6,9,14H,2,7-8H2,1H3. The molecule has 0 spiro atoms. The highest BCUT2D eigenvalue weighted by molar-refractivity contribution is 6.30. The van der Waals surface area contributed by atoms with Gasteiger partial charge in [-0.15, -0.1) is 10.2 Å². The highest BCUT2D eigenvalue weighted by Crippen LogP contribution is 2.14. The molecule has 2 aromatic rings. The van der Waals surface area contributed by atoms with E-state index in [2.05, 4.69) is 27.0 Å². The number of anilines is 1. The zero-order valence-electron chi connectivity index (χ0n) is 9.73. The molecule has 17 heavy (non-hydrogen) atoms. The van der Waals surface area contributed by atoms with E-state index in [1.807, 2.05) is 24.3 Å². The summed E-state index contributed by atoms with van der Waals surface area (Å²) < 4.78 is 2.06. The van der Waals surface area contributed by atoms with Crippen molar-refractivity contribution in [3.8, 4) is 0 Å². The van der Waals surface area contributed by atoms with E-state index >= 15 is 0 Å². The van der Waals surface area contributed by atoms with Gasteiger partial charge in [0.05, 0.1) is 6.54 Å². The molecule has 90 valence electrons. The summed E-state index contributed by atoms with van der Waals surface area (Å²) >= 11 is 5.82. The van der Waals surface area contributed by atoms with Crippen molar-refractivity contribution in [3.05, 3.63) is 41.4 Å². The molecule has 0 saturated heterocycles. The SMILES string of the molecule is CCCn1cnnc1CNc1ccc(Cl)cc1. The Balaban J connectivity index is 1.97. The molecule has 2 rings (SSSR count). The molecule has 1 N–H and O–H groups in total. The van der Waals surface area contributed by atoms with E-state index in [9.17, 15) is 0 Å². The fourth-order valence-corrected chi connectivity index (χ4v) is 1.72. The van der Waals surface area contributed by atoms with Gasteiger partial charge in [0.1, 0.15) is 6.33 Å². The lowest BCUT2D eigenvalue weighted by Gasteiger charge is -2.07. The summed E-state index contributed by atoms with van der Waals surface area (Å²) in [6.07, 6.45) is 2.84. The van der Waals surface area contributed by atoms with Crippen molar-refractivity contribution in [1.29, 1.82) is 0 Å². The molecule has 0 aliphatic rings. The topological polar surface area (TPSA) is 42.7 Å². The van der Waals surface area contributed by atoms with Crippen LogP contribution in [0.5, 0.6) is 0 Å². The summed E-state index contributed by atoms with van der Waals surface area (Å²) in [6.45, 7) is 3.75. The molecular formula is C12H15ClN4. The van der Waals surface area contributed by atoms with Crippen LogP contribution in [0.2, 0.25) is 5.02 Å². The second kappa shape index (κ2) is 5.68. The van der Waals surface area contributed by atoms with Crippen molar-refractivity contribution in [2.75, 3.05) is 5.32 Å². The van der Waals surface area contributed by atoms with Crippen molar-refractivity contribution in [1.82, 2.24) is 14.8 Å². The van der Waals surface area contributed by atoms with Crippen molar-refractivity contribution in [2.45, 2.75) is 26.4 Å². The number of aromatic nitrogens is 3. The quantitative estimate of drug-likeness (QED) is 0.887. The third-order valence-electron chi connectivity index (χ3n) is 2.46. The number of hydrogen-bond donors (Lipinski definition) is 1. The van der Waals surface area contributed by atoms with Crippen LogP contribution in [0.15, 0.2) is 30.6 Å². The van der Waals surface area contributed by atoms with Gasteiger partial charge in [-0.1, -0.05) is 18.5 Å². The van der Waals surface area contributed by atoms with E-state index in [-0.39, 0.29) is 0 Å². The lowest BCUT2D eigenvalue weighted by Crippen LogP contribution is -2.08. The third kappa shape index (κ3) is 3.20. The number of nitrogens with zero attached hydrogens (tertiary/aromatic N) is 3. The summed E-state index contributed by atoms with van der Waals surface area (Å²) in [4.78, 5) is 0. The van der Waals surface area contributed by atoms with Crippen LogP contribution in [0, 0.1) is 0 Å². The van der Waals surface area contributed by atoms with E-state index < -0.39 is 0 Å². The number of halogens is 1. The van der Waals surface area contributed by atoms with Gasteiger partial charge in [0, 0.05) is 17.3 Å². The van der Waals surface area contributed by atoms with Crippen molar-refractivity contribution >= 4 is 17.3 Å². The molecule has 1 aromatic carbocycles. The van der Waals surface area contributed by atoms with Crippen LogP contribution in [-0.2, 0) is 13.1 Å². The predicted octanol–water partition coefficient (Wildman–Crippen LogP) is 2.95. The highest BCUT2D eigenvalue weighted by Gasteiger charge is 2.02. The van der Waals surface area contributed by atoms with Crippen LogP contribution in [0.1, 0.15) is 19.2 Å². The summed E-state index contributed by atoms with van der Waals surface area (Å²) in [6, 6.07) is 7.62. The Hall–Kier alpha value is -1.55. The minimum absolute atomic E-state index is 0.668. The maximum Gasteiger partial charge on any atom is 0.152 e. The Morgan fingerprint density at radius 3 is 2.76 bits per heavy atom. The lowest BCUT2D eigenvalue weighted by molar-refractivity contribution is 0.644. The van der Waals surface area contributed by atoms with Gasteiger partial charge in [0.15, 0.2) is 5.82 Å². The smallest absolute Gasteiger partial charge is 0.152 e. The van der Waals surface area contributed by atoms with Gasteiger partial charge in [-0.05, 0) is 30.7 Å². The van der Waals surface area contributed by atoms with Gasteiger partial charge >= 0.3 is 0 Å². The second-order valence-electron chi connectivity index (χ2n) is 3.80. The highest BCUT2D eigenvalue weighted by atomic mass is 35.5. The summed E-state index contributed by atoms with van der Waals surface area (Å²) in [5, 5.41) is 12.0. The van der Waals surface area contributed by atoms with Crippen LogP contribution in [0.25, 0.3) is 0 Å². The maximum atomic E-state index is 5.82. The number of hydrogen-bond acceptors (Lipinski definition) is 3. The van der Waals surface area contributed by atoms with E-state index in [1.54, 1.807) is 6.33 Å². The van der Waals surface area contributed by atoms with Gasteiger partial charge in [-0.2, -0.15) is 0 Å². The van der Waals surface area contributed by atoms with Gasteiger partial charge in [-0.3, -0.25) is 0 Å². The zero-order chi connectivity index (χ0) is 12.1. The fraction of sp³-hybridized carbons (Fsp3) is 0.333. The predicted molar refractivity (Wildman–Crippen MR) is 69.1 cm³/mol. The number of nitrogens with one attached hydrogen (secondary N) is 1. The van der Waals surface area contributed by atoms with Crippen LogP contribution in [-0.4, -0.2) is 14.8 Å². The molecule has 4 nitrogen and oxygen atoms in total. The molecular weight excluding hydrogens is 236 g/mol. The molecule has 1 heterocycles. The Kier molecular flexibility index (Phi) is 3.98. The number of aryl methyl sites for hydroxylation is 1. The Bertz CT molecular complexity index is 464. The monoisotopic (exact) mass is 250 g/mol. The first kappa shape index (κ1) is 11.9. The first-order valence-corrected chi connectivity index (χ1v) is 6.03. The van der Waals surface area contributed by atoms with Crippen molar-refractivity contribution in [2.24, 2.45) is 0 Å². The van der Waals surface area contributed by atoms with E-state index in [4.69, 9.17) is 11.6 Å². The summed E-state index contributed by atoms with van der Waals surface area (Å²) in [5.41, 5.74) is 1.03. The molecule has 0 radical (unpaired) electrons. The maximum absolute atomic E-state index is 5.82. The third-order valence-corrected chi connectivity index (χ3v) is 2.71. The minimum Gasteiger partial charge on any atom is -0.378 e. The summed E-state index contributed by atoms with van der Waals surface area (Å²) in [7, 11) is 0. The van der Waals surface area contributed by atoms with E-state index in [1.165, 1.54) is 0 Å². The van der Waals surface area contributed by atoms with Crippen LogP contribution in [0.4, 0.5) is 5.69 Å². The molecule has 0 bridgehead atoms. The fourth-order valence-electron chi connectivity index (χ4n) is 1.59. The minimum atomic E-state index is 0.668. The van der Waals surface area contributed by atoms with Crippen LogP contribution < -0.4 is 5.32 Å². The Labute approximate surface area is 106 Å². The van der Waals surface area contributed by atoms with Gasteiger partial charge in [0.2, 0.25) is 0 Å². The molecule has 1 aromatic heterocycles. The lowest BCUT2D eigenvalue weighted by atomic mass is 10.3. The first-order chi connectivity index (χ1) is 8.29. The molecule has 0 atom stereocenters. The van der Waals surface area contributed by atoms with Gasteiger partial charge < -0.3 is 9.88 Å².